The average Bonchev–Trinajstić information content (AvgIpc) is 2.95. The topological polar surface area (TPSA) is 101 Å². The van der Waals surface area contributed by atoms with Gasteiger partial charge in [0.25, 0.3) is 0 Å². The summed E-state index contributed by atoms with van der Waals surface area (Å²) in [5, 5.41) is 0. The maximum Gasteiger partial charge on any atom is 0.417 e. The van der Waals surface area contributed by atoms with Gasteiger partial charge < -0.3 is 9.15 Å². The summed E-state index contributed by atoms with van der Waals surface area (Å²) < 4.78 is 36.8. The van der Waals surface area contributed by atoms with Crippen molar-refractivity contribution in [3.8, 4) is 0 Å². The summed E-state index contributed by atoms with van der Waals surface area (Å²) in [6.07, 6.45) is 0.653. The molecule has 7 nitrogen and oxygen atoms in total. The van der Waals surface area contributed by atoms with E-state index in [1.165, 1.54) is 18.2 Å². The quantitative estimate of drug-likeness (QED) is 0.837. The minimum Gasteiger partial charge on any atom is -0.408 e. The van der Waals surface area contributed by atoms with Crippen molar-refractivity contribution in [2.24, 2.45) is 0 Å². The molecule has 1 aliphatic rings. The molecule has 1 unspecified atom stereocenters. The van der Waals surface area contributed by atoms with Gasteiger partial charge in [-0.15, -0.1) is 0 Å². The highest BCUT2D eigenvalue weighted by molar-refractivity contribution is 7.89. The fraction of sp³-hybridized carbons (Fsp3) is 0.364. The van der Waals surface area contributed by atoms with Crippen LogP contribution < -0.4 is 10.5 Å². The van der Waals surface area contributed by atoms with E-state index in [0.29, 0.717) is 25.2 Å². The number of fused-ring (bicyclic) bond motifs is 1. The van der Waals surface area contributed by atoms with Crippen LogP contribution in [-0.4, -0.2) is 32.7 Å². The molecule has 1 saturated heterocycles. The lowest BCUT2D eigenvalue weighted by Gasteiger charge is -2.11. The molecule has 102 valence electrons. The standard InChI is InChI=1S/C11H12N2O5S/c14-11-12-9-2-1-8(5-10(9)18-11)19(15,16)13-7-3-4-17-6-7/h1-2,5,7,13H,3-4,6H2,(H,12,14). The number of oxazole rings is 1. The molecule has 1 fully saturated rings. The van der Waals surface area contributed by atoms with Gasteiger partial charge in [-0.05, 0) is 18.6 Å². The first-order valence-electron chi connectivity index (χ1n) is 5.77. The van der Waals surface area contributed by atoms with Crippen LogP contribution in [0.5, 0.6) is 0 Å². The number of sulfonamides is 1. The lowest BCUT2D eigenvalue weighted by atomic mass is 10.3. The molecule has 0 saturated carbocycles. The number of H-pyrrole nitrogens is 1. The maximum atomic E-state index is 12.1. The second-order valence-corrected chi connectivity index (χ2v) is 6.07. The van der Waals surface area contributed by atoms with Crippen LogP contribution in [0, 0.1) is 0 Å². The van der Waals surface area contributed by atoms with Gasteiger partial charge in [0.1, 0.15) is 0 Å². The molecule has 19 heavy (non-hydrogen) atoms. The second-order valence-electron chi connectivity index (χ2n) is 4.35. The molecule has 0 radical (unpaired) electrons. The van der Waals surface area contributed by atoms with E-state index in [0.717, 1.165) is 0 Å². The number of aromatic amines is 1. The zero-order valence-corrected chi connectivity index (χ0v) is 10.7. The van der Waals surface area contributed by atoms with Crippen LogP contribution in [0.15, 0.2) is 32.3 Å². The number of benzene rings is 1. The van der Waals surface area contributed by atoms with Crippen molar-refractivity contribution in [1.29, 1.82) is 0 Å². The van der Waals surface area contributed by atoms with Crippen LogP contribution in [0.2, 0.25) is 0 Å². The molecule has 2 aromatic rings. The largest absolute Gasteiger partial charge is 0.417 e. The van der Waals surface area contributed by atoms with Crippen molar-refractivity contribution in [3.63, 3.8) is 0 Å². The van der Waals surface area contributed by atoms with Gasteiger partial charge in [-0.1, -0.05) is 0 Å². The normalized spacial score (nSPS) is 20.1. The second kappa shape index (κ2) is 4.48. The van der Waals surface area contributed by atoms with Crippen molar-refractivity contribution < 1.29 is 17.6 Å². The van der Waals surface area contributed by atoms with E-state index in [4.69, 9.17) is 9.15 Å². The summed E-state index contributed by atoms with van der Waals surface area (Å²) in [6, 6.07) is 4.04. The van der Waals surface area contributed by atoms with Crippen LogP contribution in [0.3, 0.4) is 0 Å². The lowest BCUT2D eigenvalue weighted by Crippen LogP contribution is -2.34. The molecular weight excluding hydrogens is 272 g/mol. The summed E-state index contributed by atoms with van der Waals surface area (Å²) in [5.41, 5.74) is 0.684. The van der Waals surface area contributed by atoms with Crippen molar-refractivity contribution in [2.45, 2.75) is 17.4 Å². The van der Waals surface area contributed by atoms with Gasteiger partial charge in [-0.25, -0.2) is 17.9 Å². The Hall–Kier alpha value is -1.64. The Morgan fingerprint density at radius 1 is 1.37 bits per heavy atom. The minimum absolute atomic E-state index is 0.0645. The molecular formula is C11H12N2O5S. The van der Waals surface area contributed by atoms with Crippen molar-refractivity contribution in [2.75, 3.05) is 13.2 Å². The minimum atomic E-state index is -3.63. The molecule has 0 aliphatic carbocycles. The fourth-order valence-electron chi connectivity index (χ4n) is 2.01. The number of nitrogens with one attached hydrogen (secondary N) is 2. The van der Waals surface area contributed by atoms with Crippen molar-refractivity contribution >= 4 is 21.1 Å². The van der Waals surface area contributed by atoms with Crippen LogP contribution >= 0.6 is 0 Å². The van der Waals surface area contributed by atoms with Gasteiger partial charge in [0.15, 0.2) is 5.58 Å². The lowest BCUT2D eigenvalue weighted by molar-refractivity contribution is 0.192. The SMILES string of the molecule is O=c1[nH]c2ccc(S(=O)(=O)NC3CCOC3)cc2o1. The van der Waals surface area contributed by atoms with E-state index >= 15 is 0 Å². The Labute approximate surface area is 108 Å². The summed E-state index contributed by atoms with van der Waals surface area (Å²) in [6.45, 7) is 0.930. The highest BCUT2D eigenvalue weighted by Crippen LogP contribution is 2.17. The van der Waals surface area contributed by atoms with Crippen LogP contribution in [0.25, 0.3) is 11.1 Å². The number of rotatable bonds is 3. The highest BCUT2D eigenvalue weighted by Gasteiger charge is 2.23. The number of ether oxygens (including phenoxy) is 1. The molecule has 1 aromatic carbocycles. The summed E-state index contributed by atoms with van der Waals surface area (Å²) in [4.78, 5) is 13.5. The fourth-order valence-corrected chi connectivity index (χ4v) is 3.28. The van der Waals surface area contributed by atoms with E-state index in [2.05, 4.69) is 9.71 Å². The van der Waals surface area contributed by atoms with Gasteiger partial charge in [-0.3, -0.25) is 4.98 Å². The third kappa shape index (κ3) is 2.42. The summed E-state index contributed by atoms with van der Waals surface area (Å²) in [5.74, 6) is -0.610. The first-order chi connectivity index (χ1) is 9.04. The molecule has 3 rings (SSSR count). The van der Waals surface area contributed by atoms with Gasteiger partial charge in [0, 0.05) is 18.7 Å². The van der Waals surface area contributed by atoms with Gasteiger partial charge in [0.05, 0.1) is 17.0 Å². The number of hydrogen-bond donors (Lipinski definition) is 2. The third-order valence-electron chi connectivity index (χ3n) is 2.95. The predicted octanol–water partition coefficient (Wildman–Crippen LogP) is 0.188. The molecule has 0 bridgehead atoms. The molecule has 0 amide bonds. The Morgan fingerprint density at radius 3 is 2.95 bits per heavy atom. The van der Waals surface area contributed by atoms with E-state index in [-0.39, 0.29) is 16.5 Å². The smallest absolute Gasteiger partial charge is 0.408 e. The zero-order valence-electron chi connectivity index (χ0n) is 9.88. The average molecular weight is 284 g/mol. The Balaban J connectivity index is 1.95. The van der Waals surface area contributed by atoms with E-state index in [1.54, 1.807) is 0 Å². The predicted molar refractivity (Wildman–Crippen MR) is 66.4 cm³/mol. The van der Waals surface area contributed by atoms with E-state index in [9.17, 15) is 13.2 Å². The molecule has 1 atom stereocenters. The third-order valence-corrected chi connectivity index (χ3v) is 4.47. The Morgan fingerprint density at radius 2 is 2.21 bits per heavy atom. The van der Waals surface area contributed by atoms with Gasteiger partial charge in [0.2, 0.25) is 10.0 Å². The zero-order chi connectivity index (χ0) is 13.5. The van der Waals surface area contributed by atoms with E-state index in [1.807, 2.05) is 0 Å². The van der Waals surface area contributed by atoms with E-state index < -0.39 is 15.8 Å². The molecule has 8 heteroatoms. The first-order valence-corrected chi connectivity index (χ1v) is 7.26. The Bertz CT molecular complexity index is 755. The summed E-state index contributed by atoms with van der Waals surface area (Å²) >= 11 is 0. The van der Waals surface area contributed by atoms with Crippen molar-refractivity contribution in [3.05, 3.63) is 28.7 Å². The monoisotopic (exact) mass is 284 g/mol. The molecule has 1 aromatic heterocycles. The van der Waals surface area contributed by atoms with Crippen LogP contribution in [-0.2, 0) is 14.8 Å². The molecule has 2 N–H and O–H groups in total. The van der Waals surface area contributed by atoms with Crippen LogP contribution in [0.4, 0.5) is 0 Å². The van der Waals surface area contributed by atoms with Crippen molar-refractivity contribution in [1.82, 2.24) is 9.71 Å². The Kier molecular flexibility index (Phi) is 2.92. The maximum absolute atomic E-state index is 12.1. The summed E-state index contributed by atoms with van der Waals surface area (Å²) in [7, 11) is -3.63. The first kappa shape index (κ1) is 12.4. The highest BCUT2D eigenvalue weighted by atomic mass is 32.2. The molecule has 1 aliphatic heterocycles. The number of hydrogen-bond acceptors (Lipinski definition) is 5. The molecule has 0 spiro atoms. The number of aromatic nitrogens is 1. The molecule has 2 heterocycles. The van der Waals surface area contributed by atoms with Gasteiger partial charge in [-0.2, -0.15) is 0 Å². The van der Waals surface area contributed by atoms with Gasteiger partial charge >= 0.3 is 5.76 Å². The van der Waals surface area contributed by atoms with Crippen LogP contribution in [0.1, 0.15) is 6.42 Å².